The Bertz CT molecular complexity index is 766. The largest absolute Gasteiger partial charge is 0.326 e. The summed E-state index contributed by atoms with van der Waals surface area (Å²) in [6.07, 6.45) is 2.99. The van der Waals surface area contributed by atoms with Crippen molar-refractivity contribution in [1.29, 1.82) is 0 Å². The van der Waals surface area contributed by atoms with Gasteiger partial charge in [0.25, 0.3) is 5.91 Å². The van der Waals surface area contributed by atoms with Crippen LogP contribution in [0.5, 0.6) is 0 Å². The van der Waals surface area contributed by atoms with E-state index in [1.54, 1.807) is 24.3 Å². The van der Waals surface area contributed by atoms with E-state index in [9.17, 15) is 19.2 Å². The fraction of sp³-hybridized carbons (Fsp3) is 0.474. The average molecular weight is 372 g/mol. The lowest BCUT2D eigenvalue weighted by Crippen LogP contribution is -2.49. The number of benzene rings is 1. The normalized spacial score (nSPS) is 24.7. The highest BCUT2D eigenvalue weighted by Gasteiger charge is 2.52. The predicted molar refractivity (Wildman–Crippen MR) is 100.0 cm³/mol. The third-order valence-electron chi connectivity index (χ3n) is 5.16. The van der Waals surface area contributed by atoms with E-state index in [-0.39, 0.29) is 18.4 Å². The molecule has 0 aromatic heterocycles. The van der Waals surface area contributed by atoms with Gasteiger partial charge in [0.15, 0.2) is 0 Å². The maximum Gasteiger partial charge on any atom is 0.325 e. The molecule has 3 N–H and O–H groups in total. The molecule has 3 rings (SSSR count). The quantitative estimate of drug-likeness (QED) is 0.703. The van der Waals surface area contributed by atoms with Gasteiger partial charge in [0.05, 0.1) is 0 Å². The van der Waals surface area contributed by atoms with Crippen LogP contribution in [-0.2, 0) is 14.4 Å². The van der Waals surface area contributed by atoms with Gasteiger partial charge in [-0.25, -0.2) is 4.79 Å². The molecule has 1 aromatic rings. The molecule has 1 spiro atoms. The summed E-state index contributed by atoms with van der Waals surface area (Å²) >= 11 is 0. The summed E-state index contributed by atoms with van der Waals surface area (Å²) in [5, 5.41) is 8.10. The van der Waals surface area contributed by atoms with Crippen molar-refractivity contribution in [2.24, 2.45) is 5.92 Å². The van der Waals surface area contributed by atoms with Gasteiger partial charge >= 0.3 is 6.03 Å². The number of hydrogen-bond donors (Lipinski definition) is 3. The molecule has 0 radical (unpaired) electrons. The number of nitrogens with zero attached hydrogens (tertiary/aromatic N) is 1. The molecule has 8 heteroatoms. The van der Waals surface area contributed by atoms with Gasteiger partial charge in [-0.05, 0) is 55.9 Å². The molecule has 1 aliphatic heterocycles. The third kappa shape index (κ3) is 4.10. The van der Waals surface area contributed by atoms with Crippen molar-refractivity contribution in [3.8, 4) is 0 Å². The first-order chi connectivity index (χ1) is 12.8. The van der Waals surface area contributed by atoms with Crippen LogP contribution in [0.15, 0.2) is 24.3 Å². The molecule has 27 heavy (non-hydrogen) atoms. The van der Waals surface area contributed by atoms with Gasteiger partial charge in [0.1, 0.15) is 12.1 Å². The van der Waals surface area contributed by atoms with Gasteiger partial charge in [-0.2, -0.15) is 0 Å². The van der Waals surface area contributed by atoms with Crippen molar-refractivity contribution in [2.75, 3.05) is 17.2 Å². The molecule has 1 heterocycles. The highest BCUT2D eigenvalue weighted by molar-refractivity contribution is 6.10. The van der Waals surface area contributed by atoms with Crippen molar-refractivity contribution in [1.82, 2.24) is 10.2 Å². The first-order valence-corrected chi connectivity index (χ1v) is 9.11. The van der Waals surface area contributed by atoms with Crippen LogP contribution in [0.4, 0.5) is 16.2 Å². The summed E-state index contributed by atoms with van der Waals surface area (Å²) in [5.41, 5.74) is 0.287. The second-order valence-electron chi connectivity index (χ2n) is 7.39. The van der Waals surface area contributed by atoms with E-state index in [1.165, 1.54) is 6.92 Å². The molecule has 144 valence electrons. The second-order valence-corrected chi connectivity index (χ2v) is 7.39. The van der Waals surface area contributed by atoms with E-state index < -0.39 is 17.5 Å². The Kier molecular flexibility index (Phi) is 5.16. The SMILES string of the molecule is CC(=O)Nc1ccc(NC(=O)CN2C(=O)NC3(CCC(C)CC3)C2=O)cc1. The van der Waals surface area contributed by atoms with Crippen LogP contribution >= 0.6 is 0 Å². The van der Waals surface area contributed by atoms with Crippen molar-refractivity contribution < 1.29 is 19.2 Å². The molecular formula is C19H24N4O4. The van der Waals surface area contributed by atoms with Crippen molar-refractivity contribution in [3.05, 3.63) is 24.3 Å². The zero-order valence-electron chi connectivity index (χ0n) is 15.5. The summed E-state index contributed by atoms with van der Waals surface area (Å²) < 4.78 is 0. The lowest BCUT2D eigenvalue weighted by molar-refractivity contribution is -0.135. The first-order valence-electron chi connectivity index (χ1n) is 9.11. The van der Waals surface area contributed by atoms with Crippen LogP contribution in [-0.4, -0.2) is 40.7 Å². The molecule has 0 unspecified atom stereocenters. The molecule has 0 bridgehead atoms. The Hall–Kier alpha value is -2.90. The van der Waals surface area contributed by atoms with Crippen LogP contribution in [0.1, 0.15) is 39.5 Å². The predicted octanol–water partition coefficient (Wildman–Crippen LogP) is 2.08. The molecule has 5 amide bonds. The lowest BCUT2D eigenvalue weighted by Gasteiger charge is -2.33. The Morgan fingerprint density at radius 3 is 2.22 bits per heavy atom. The van der Waals surface area contributed by atoms with Crippen LogP contribution < -0.4 is 16.0 Å². The maximum absolute atomic E-state index is 12.8. The molecule has 1 saturated carbocycles. The van der Waals surface area contributed by atoms with E-state index in [0.29, 0.717) is 30.1 Å². The zero-order chi connectivity index (χ0) is 19.6. The number of rotatable bonds is 4. The Balaban J connectivity index is 1.60. The zero-order valence-corrected chi connectivity index (χ0v) is 15.5. The highest BCUT2D eigenvalue weighted by Crippen LogP contribution is 2.36. The fourth-order valence-electron chi connectivity index (χ4n) is 3.60. The van der Waals surface area contributed by atoms with Gasteiger partial charge in [-0.3, -0.25) is 19.3 Å². The number of amides is 5. The topological polar surface area (TPSA) is 108 Å². The minimum atomic E-state index is -0.843. The van der Waals surface area contributed by atoms with Crippen molar-refractivity contribution in [3.63, 3.8) is 0 Å². The summed E-state index contributed by atoms with van der Waals surface area (Å²) in [5.74, 6) is -0.405. The van der Waals surface area contributed by atoms with E-state index in [1.807, 2.05) is 0 Å². The summed E-state index contributed by atoms with van der Waals surface area (Å²) in [6.45, 7) is 3.22. The third-order valence-corrected chi connectivity index (χ3v) is 5.16. The molecule has 2 fully saturated rings. The average Bonchev–Trinajstić information content (AvgIpc) is 2.83. The van der Waals surface area contributed by atoms with Gasteiger partial charge in [-0.1, -0.05) is 6.92 Å². The number of nitrogens with one attached hydrogen (secondary N) is 3. The maximum atomic E-state index is 12.8. The molecule has 1 aromatic carbocycles. The molecule has 1 aliphatic carbocycles. The number of urea groups is 1. The van der Waals surface area contributed by atoms with E-state index in [2.05, 4.69) is 22.9 Å². The Morgan fingerprint density at radius 1 is 1.11 bits per heavy atom. The smallest absolute Gasteiger partial charge is 0.325 e. The summed E-state index contributed by atoms with van der Waals surface area (Å²) in [4.78, 5) is 49.3. The van der Waals surface area contributed by atoms with Gasteiger partial charge < -0.3 is 16.0 Å². The van der Waals surface area contributed by atoms with E-state index in [0.717, 1.165) is 17.7 Å². The minimum absolute atomic E-state index is 0.184. The van der Waals surface area contributed by atoms with Gasteiger partial charge in [0.2, 0.25) is 11.8 Å². The summed E-state index contributed by atoms with van der Waals surface area (Å²) in [6, 6.07) is 6.08. The van der Waals surface area contributed by atoms with Crippen LogP contribution in [0.2, 0.25) is 0 Å². The van der Waals surface area contributed by atoms with Crippen LogP contribution in [0, 0.1) is 5.92 Å². The number of anilines is 2. The highest BCUT2D eigenvalue weighted by atomic mass is 16.2. The monoisotopic (exact) mass is 372 g/mol. The standard InChI is InChI=1S/C19H24N4O4/c1-12-7-9-19(10-8-12)17(26)23(18(27)22-19)11-16(25)21-15-5-3-14(4-6-15)20-13(2)24/h3-6,12H,7-11H2,1-2H3,(H,20,24)(H,21,25)(H,22,27). The fourth-order valence-corrected chi connectivity index (χ4v) is 3.60. The van der Waals surface area contributed by atoms with Crippen molar-refractivity contribution >= 4 is 35.1 Å². The van der Waals surface area contributed by atoms with Crippen LogP contribution in [0.3, 0.4) is 0 Å². The number of hydrogen-bond acceptors (Lipinski definition) is 4. The van der Waals surface area contributed by atoms with Crippen LogP contribution in [0.25, 0.3) is 0 Å². The Labute approximate surface area is 157 Å². The molecular weight excluding hydrogens is 348 g/mol. The lowest BCUT2D eigenvalue weighted by atomic mass is 9.77. The number of carbonyl (C=O) groups is 4. The summed E-state index contributed by atoms with van der Waals surface area (Å²) in [7, 11) is 0. The first kappa shape index (κ1) is 18.9. The Morgan fingerprint density at radius 2 is 1.67 bits per heavy atom. The minimum Gasteiger partial charge on any atom is -0.326 e. The number of imide groups is 1. The number of carbonyl (C=O) groups excluding carboxylic acids is 4. The molecule has 1 saturated heterocycles. The van der Waals surface area contributed by atoms with Crippen molar-refractivity contribution in [2.45, 2.75) is 45.1 Å². The van der Waals surface area contributed by atoms with Gasteiger partial charge in [-0.15, -0.1) is 0 Å². The van der Waals surface area contributed by atoms with E-state index in [4.69, 9.17) is 0 Å². The van der Waals surface area contributed by atoms with E-state index >= 15 is 0 Å². The molecule has 0 atom stereocenters. The van der Waals surface area contributed by atoms with Gasteiger partial charge in [0, 0.05) is 18.3 Å². The molecule has 8 nitrogen and oxygen atoms in total. The second kappa shape index (κ2) is 7.38. The molecule has 2 aliphatic rings.